The van der Waals surface area contributed by atoms with Gasteiger partial charge in [-0.05, 0) is 18.4 Å². The fraction of sp³-hybridized carbons (Fsp3) is 0.583. The third kappa shape index (κ3) is 2.71. The molecular weight excluding hydrogens is 218 g/mol. The number of aromatic nitrogens is 2. The van der Waals surface area contributed by atoms with Crippen molar-refractivity contribution in [3.63, 3.8) is 0 Å². The van der Waals surface area contributed by atoms with Crippen LogP contribution >= 0.6 is 0 Å². The molecule has 92 valence electrons. The van der Waals surface area contributed by atoms with Crippen molar-refractivity contribution in [3.8, 4) is 6.07 Å². The van der Waals surface area contributed by atoms with Gasteiger partial charge in [0.1, 0.15) is 11.6 Å². The molecule has 0 aliphatic rings. The number of hydrogen-bond acceptors (Lipinski definition) is 4. The Morgan fingerprint density at radius 2 is 2.12 bits per heavy atom. The van der Waals surface area contributed by atoms with Gasteiger partial charge < -0.3 is 4.74 Å². The van der Waals surface area contributed by atoms with Gasteiger partial charge in [0.15, 0.2) is 0 Å². The number of hydrogen-bond donors (Lipinski definition) is 0. The van der Waals surface area contributed by atoms with E-state index in [0.717, 1.165) is 11.3 Å². The minimum Gasteiger partial charge on any atom is -0.383 e. The summed E-state index contributed by atoms with van der Waals surface area (Å²) < 4.78 is 6.24. The van der Waals surface area contributed by atoms with Crippen LogP contribution in [-0.2, 0) is 24.1 Å². The summed E-state index contributed by atoms with van der Waals surface area (Å²) in [5.74, 6) is 0. The van der Waals surface area contributed by atoms with Gasteiger partial charge in [-0.3, -0.25) is 4.79 Å². The number of rotatable bonds is 5. The first-order valence-electron chi connectivity index (χ1n) is 5.71. The first-order valence-corrected chi connectivity index (χ1v) is 5.71. The van der Waals surface area contributed by atoms with Crippen LogP contribution in [0, 0.1) is 11.3 Å². The highest BCUT2D eigenvalue weighted by atomic mass is 16.5. The topological polar surface area (TPSA) is 67.9 Å². The molecule has 5 heteroatoms. The van der Waals surface area contributed by atoms with E-state index in [1.165, 1.54) is 4.68 Å². The second-order valence-electron chi connectivity index (χ2n) is 3.64. The van der Waals surface area contributed by atoms with Gasteiger partial charge in [-0.15, -0.1) is 0 Å². The number of nitriles is 1. The highest BCUT2D eigenvalue weighted by molar-refractivity contribution is 5.37. The predicted octanol–water partition coefficient (Wildman–Crippen LogP) is 0.886. The molecular formula is C12H17N3O2. The molecule has 0 fully saturated rings. The molecule has 5 nitrogen and oxygen atoms in total. The van der Waals surface area contributed by atoms with Crippen LogP contribution in [0.2, 0.25) is 0 Å². The molecule has 0 atom stereocenters. The molecule has 17 heavy (non-hydrogen) atoms. The van der Waals surface area contributed by atoms with Crippen molar-refractivity contribution >= 4 is 0 Å². The highest BCUT2D eigenvalue weighted by Crippen LogP contribution is 2.09. The summed E-state index contributed by atoms with van der Waals surface area (Å²) in [6, 6.07) is 1.99. The van der Waals surface area contributed by atoms with Crippen molar-refractivity contribution in [3.05, 3.63) is 27.2 Å². The summed E-state index contributed by atoms with van der Waals surface area (Å²) in [6.07, 6.45) is 1.37. The van der Waals surface area contributed by atoms with Crippen molar-refractivity contribution in [2.75, 3.05) is 13.7 Å². The quantitative estimate of drug-likeness (QED) is 0.760. The van der Waals surface area contributed by atoms with Gasteiger partial charge in [-0.1, -0.05) is 13.8 Å². The lowest BCUT2D eigenvalue weighted by Crippen LogP contribution is -2.30. The minimum atomic E-state index is -0.321. The van der Waals surface area contributed by atoms with Crippen LogP contribution in [0.3, 0.4) is 0 Å². The van der Waals surface area contributed by atoms with Crippen LogP contribution < -0.4 is 5.56 Å². The number of methoxy groups -OCH3 is 1. The molecule has 0 saturated heterocycles. The van der Waals surface area contributed by atoms with E-state index in [4.69, 9.17) is 10.00 Å². The molecule has 0 unspecified atom stereocenters. The third-order valence-electron chi connectivity index (χ3n) is 2.65. The molecule has 1 rings (SSSR count). The SMILES string of the molecule is CCc1nn(CCOC)c(=O)c(C#N)c1CC. The number of ether oxygens (including phenoxy) is 1. The van der Waals surface area contributed by atoms with E-state index in [2.05, 4.69) is 5.10 Å². The average Bonchev–Trinajstić information content (AvgIpc) is 2.36. The van der Waals surface area contributed by atoms with E-state index in [0.29, 0.717) is 26.0 Å². The molecule has 0 aliphatic carbocycles. The fourth-order valence-electron chi connectivity index (χ4n) is 1.76. The van der Waals surface area contributed by atoms with E-state index in [1.54, 1.807) is 7.11 Å². The Balaban J connectivity index is 3.36. The van der Waals surface area contributed by atoms with E-state index in [-0.39, 0.29) is 11.1 Å². The Hall–Kier alpha value is -1.67. The van der Waals surface area contributed by atoms with Crippen LogP contribution in [0.5, 0.6) is 0 Å². The smallest absolute Gasteiger partial charge is 0.285 e. The van der Waals surface area contributed by atoms with Gasteiger partial charge in [0, 0.05) is 7.11 Å². The van der Waals surface area contributed by atoms with Crippen LogP contribution in [-0.4, -0.2) is 23.5 Å². The molecule has 1 aromatic rings. The Morgan fingerprint density at radius 3 is 2.59 bits per heavy atom. The van der Waals surface area contributed by atoms with Gasteiger partial charge in [-0.25, -0.2) is 4.68 Å². The first-order chi connectivity index (χ1) is 8.19. The second kappa shape index (κ2) is 6.16. The van der Waals surface area contributed by atoms with Gasteiger partial charge in [0.05, 0.1) is 18.8 Å². The zero-order valence-corrected chi connectivity index (χ0v) is 10.5. The molecule has 0 radical (unpaired) electrons. The molecule has 0 aromatic carbocycles. The molecule has 0 saturated carbocycles. The maximum absolute atomic E-state index is 12.0. The summed E-state index contributed by atoms with van der Waals surface area (Å²) in [5, 5.41) is 13.4. The van der Waals surface area contributed by atoms with Crippen molar-refractivity contribution in [1.29, 1.82) is 5.26 Å². The summed E-state index contributed by atoms with van der Waals surface area (Å²) in [4.78, 5) is 12.0. The normalized spacial score (nSPS) is 10.2. The van der Waals surface area contributed by atoms with E-state index < -0.39 is 0 Å². The lowest BCUT2D eigenvalue weighted by molar-refractivity contribution is 0.181. The maximum Gasteiger partial charge on any atom is 0.285 e. The molecule has 0 N–H and O–H groups in total. The standard InChI is InChI=1S/C12H17N3O2/c1-4-9-10(8-13)12(16)15(6-7-17-3)14-11(9)5-2/h4-7H2,1-3H3. The monoisotopic (exact) mass is 235 g/mol. The molecule has 0 bridgehead atoms. The van der Waals surface area contributed by atoms with E-state index >= 15 is 0 Å². The maximum atomic E-state index is 12.0. The van der Waals surface area contributed by atoms with Crippen molar-refractivity contribution in [2.45, 2.75) is 33.2 Å². The first kappa shape index (κ1) is 13.4. The molecule has 0 aliphatic heterocycles. The zero-order chi connectivity index (χ0) is 12.8. The van der Waals surface area contributed by atoms with Crippen molar-refractivity contribution < 1.29 is 4.74 Å². The predicted molar refractivity (Wildman–Crippen MR) is 63.8 cm³/mol. The highest BCUT2D eigenvalue weighted by Gasteiger charge is 2.14. The summed E-state index contributed by atoms with van der Waals surface area (Å²) in [6.45, 7) is 4.68. The van der Waals surface area contributed by atoms with E-state index in [1.807, 2.05) is 19.9 Å². The summed E-state index contributed by atoms with van der Waals surface area (Å²) in [5.41, 5.74) is 1.49. The van der Waals surface area contributed by atoms with Crippen LogP contribution in [0.4, 0.5) is 0 Å². The lowest BCUT2D eigenvalue weighted by Gasteiger charge is -2.11. The molecule has 0 spiro atoms. The van der Waals surface area contributed by atoms with Crippen molar-refractivity contribution in [2.24, 2.45) is 0 Å². The third-order valence-corrected chi connectivity index (χ3v) is 2.65. The molecule has 1 aromatic heterocycles. The Bertz CT molecular complexity index is 486. The Kier molecular flexibility index (Phi) is 4.85. The minimum absolute atomic E-state index is 0.218. The van der Waals surface area contributed by atoms with Crippen LogP contribution in [0.1, 0.15) is 30.7 Å². The van der Waals surface area contributed by atoms with E-state index in [9.17, 15) is 4.79 Å². The van der Waals surface area contributed by atoms with Gasteiger partial charge in [0.2, 0.25) is 0 Å². The number of nitrogens with zero attached hydrogens (tertiary/aromatic N) is 3. The van der Waals surface area contributed by atoms with Crippen LogP contribution in [0.25, 0.3) is 0 Å². The Labute approximate surface area is 101 Å². The lowest BCUT2D eigenvalue weighted by atomic mass is 10.0. The largest absolute Gasteiger partial charge is 0.383 e. The fourth-order valence-corrected chi connectivity index (χ4v) is 1.76. The summed E-state index contributed by atoms with van der Waals surface area (Å²) >= 11 is 0. The zero-order valence-electron chi connectivity index (χ0n) is 10.5. The number of aryl methyl sites for hydroxylation is 1. The molecule has 1 heterocycles. The summed E-state index contributed by atoms with van der Waals surface area (Å²) in [7, 11) is 1.57. The van der Waals surface area contributed by atoms with Gasteiger partial charge in [0.25, 0.3) is 5.56 Å². The Morgan fingerprint density at radius 1 is 1.41 bits per heavy atom. The van der Waals surface area contributed by atoms with Gasteiger partial charge >= 0.3 is 0 Å². The van der Waals surface area contributed by atoms with Gasteiger partial charge in [-0.2, -0.15) is 10.4 Å². The molecule has 0 amide bonds. The average molecular weight is 235 g/mol. The van der Waals surface area contributed by atoms with Crippen molar-refractivity contribution in [1.82, 2.24) is 9.78 Å². The second-order valence-corrected chi connectivity index (χ2v) is 3.64. The van der Waals surface area contributed by atoms with Crippen LogP contribution in [0.15, 0.2) is 4.79 Å².